The molecule has 0 amide bonds. The van der Waals surface area contributed by atoms with Gasteiger partial charge in [-0.3, -0.25) is 0 Å². The molecule has 1 aromatic rings. The van der Waals surface area contributed by atoms with Gasteiger partial charge < -0.3 is 0 Å². The van der Waals surface area contributed by atoms with Gasteiger partial charge in [-0.05, 0) is 0 Å². The van der Waals surface area contributed by atoms with Crippen LogP contribution >= 0.6 is 0 Å². The van der Waals surface area contributed by atoms with E-state index in [9.17, 15) is 14.0 Å². The van der Waals surface area contributed by atoms with Crippen LogP contribution in [-0.4, -0.2) is 53.1 Å². The molecule has 1 atom stereocenters. The Morgan fingerprint density at radius 3 is 2.62 bits per heavy atom. The Morgan fingerprint density at radius 2 is 2.14 bits per heavy atom. The number of nitrogens with two attached hydrogens (primary N) is 1. The van der Waals surface area contributed by atoms with Gasteiger partial charge in [-0.15, -0.1) is 0 Å². The van der Waals surface area contributed by atoms with E-state index >= 15 is 0 Å². The van der Waals surface area contributed by atoms with Gasteiger partial charge in [0.1, 0.15) is 0 Å². The fourth-order valence-corrected chi connectivity index (χ4v) is 2.26. The fourth-order valence-electron chi connectivity index (χ4n) is 1.81. The SMILES string of the molecule is CCOC(=O)c1cc(F)c(OC)c(CC(N)C(=O)O)[c]1[Al+]. The van der Waals surface area contributed by atoms with Crippen molar-refractivity contribution in [3.63, 3.8) is 0 Å². The van der Waals surface area contributed by atoms with Crippen LogP contribution in [0.25, 0.3) is 0 Å². The number of rotatable bonds is 6. The number of carboxylic acids is 1. The minimum atomic E-state index is -1.24. The van der Waals surface area contributed by atoms with Crippen molar-refractivity contribution in [2.45, 2.75) is 19.4 Å². The van der Waals surface area contributed by atoms with Crippen LogP contribution in [0.5, 0.6) is 5.75 Å². The number of esters is 1. The Hall–Kier alpha value is -1.62. The van der Waals surface area contributed by atoms with E-state index in [0.29, 0.717) is 4.43 Å². The van der Waals surface area contributed by atoms with Crippen molar-refractivity contribution in [2.75, 3.05) is 13.7 Å². The van der Waals surface area contributed by atoms with Crippen molar-refractivity contribution < 1.29 is 28.6 Å². The van der Waals surface area contributed by atoms with E-state index in [1.54, 1.807) is 6.92 Å². The number of methoxy groups -OCH3 is 1. The topological polar surface area (TPSA) is 98.9 Å². The molecule has 0 saturated heterocycles. The number of ether oxygens (including phenoxy) is 2. The first kappa shape index (κ1) is 17.4. The zero-order chi connectivity index (χ0) is 16.2. The van der Waals surface area contributed by atoms with Gasteiger partial charge in [0, 0.05) is 0 Å². The van der Waals surface area contributed by atoms with Crippen LogP contribution in [0.1, 0.15) is 22.8 Å². The number of carbonyl (C=O) groups is 2. The summed E-state index contributed by atoms with van der Waals surface area (Å²) in [5.41, 5.74) is 5.67. The second kappa shape index (κ2) is 7.41. The zero-order valence-electron chi connectivity index (χ0n) is 11.7. The normalized spacial score (nSPS) is 11.8. The van der Waals surface area contributed by atoms with E-state index in [2.05, 4.69) is 16.3 Å². The third-order valence-electron chi connectivity index (χ3n) is 2.82. The van der Waals surface area contributed by atoms with Crippen molar-refractivity contribution in [3.05, 3.63) is 23.0 Å². The van der Waals surface area contributed by atoms with Crippen molar-refractivity contribution in [2.24, 2.45) is 5.73 Å². The second-order valence-corrected chi connectivity index (χ2v) is 4.78. The molecule has 8 heteroatoms. The number of aliphatic carboxylic acids is 1. The molecule has 0 heterocycles. The van der Waals surface area contributed by atoms with Gasteiger partial charge in [-0.25, -0.2) is 0 Å². The monoisotopic (exact) mass is 311 g/mol. The Balaban J connectivity index is 3.37. The number of hydrogen-bond acceptors (Lipinski definition) is 5. The molecule has 1 radical (unpaired) electrons. The predicted octanol–water partition coefficient (Wildman–Crippen LogP) is -0.241. The van der Waals surface area contributed by atoms with E-state index in [-0.39, 0.29) is 29.9 Å². The maximum atomic E-state index is 14.0. The third kappa shape index (κ3) is 3.94. The second-order valence-electron chi connectivity index (χ2n) is 4.20. The average Bonchev–Trinajstić information content (AvgIpc) is 2.42. The van der Waals surface area contributed by atoms with Crippen LogP contribution in [0.4, 0.5) is 4.39 Å². The number of benzene rings is 1. The molecule has 1 aromatic carbocycles. The van der Waals surface area contributed by atoms with Gasteiger partial charge in [0.25, 0.3) is 0 Å². The summed E-state index contributed by atoms with van der Waals surface area (Å²) in [6.07, 6.45) is -0.179. The quantitative estimate of drug-likeness (QED) is 0.556. The molecule has 1 rings (SSSR count). The number of halogens is 1. The summed E-state index contributed by atoms with van der Waals surface area (Å²) in [7, 11) is 1.25. The van der Waals surface area contributed by atoms with Crippen molar-refractivity contribution >= 4 is 32.7 Å². The molecular formula is C13H15AlFNO5+. The maximum absolute atomic E-state index is 14.0. The number of carboxylic acid groups (broad SMARTS) is 1. The molecule has 0 aliphatic carbocycles. The molecule has 0 bridgehead atoms. The number of carbonyl (C=O) groups excluding carboxylic acids is 1. The standard InChI is InChI=1S/C13H15FNO5.Al/c1-3-20-13(18)8-4-7(6-10(15)12(16)17)11(19-2)9(14)5-8;/h5,10H,3,6,15H2,1-2H3,(H,16,17);/q;+1. The summed E-state index contributed by atoms with van der Waals surface area (Å²) in [6, 6.07) is -0.246. The van der Waals surface area contributed by atoms with Crippen LogP contribution < -0.4 is 14.9 Å². The molecule has 0 aliphatic rings. The van der Waals surface area contributed by atoms with E-state index in [0.717, 1.165) is 6.07 Å². The first-order valence-corrected chi connectivity index (χ1v) is 6.71. The van der Waals surface area contributed by atoms with Gasteiger partial charge in [0.2, 0.25) is 0 Å². The Morgan fingerprint density at radius 1 is 1.52 bits per heavy atom. The van der Waals surface area contributed by atoms with Gasteiger partial charge in [0.15, 0.2) is 0 Å². The van der Waals surface area contributed by atoms with E-state index < -0.39 is 23.8 Å². The van der Waals surface area contributed by atoms with Crippen LogP contribution in [0.3, 0.4) is 0 Å². The first-order chi connectivity index (χ1) is 9.83. The zero-order valence-corrected chi connectivity index (χ0v) is 12.8. The summed E-state index contributed by atoms with van der Waals surface area (Å²) < 4.78 is 24.1. The number of hydrogen-bond donors (Lipinski definition) is 2. The molecule has 111 valence electrons. The molecule has 21 heavy (non-hydrogen) atoms. The molecular weight excluding hydrogens is 296 g/mol. The van der Waals surface area contributed by atoms with Crippen LogP contribution in [0.2, 0.25) is 0 Å². The van der Waals surface area contributed by atoms with E-state index in [1.807, 2.05) is 0 Å². The molecule has 6 nitrogen and oxygen atoms in total. The van der Waals surface area contributed by atoms with Gasteiger partial charge in [0.05, 0.1) is 0 Å². The van der Waals surface area contributed by atoms with Crippen LogP contribution in [0, 0.1) is 5.82 Å². The summed E-state index contributed by atoms with van der Waals surface area (Å²) >= 11 is 2.28. The average molecular weight is 311 g/mol. The summed E-state index contributed by atoms with van der Waals surface area (Å²) in [5, 5.41) is 8.87. The molecule has 0 aromatic heterocycles. The van der Waals surface area contributed by atoms with Crippen molar-refractivity contribution in [3.8, 4) is 5.75 Å². The fraction of sp³-hybridized carbons (Fsp3) is 0.385. The third-order valence-corrected chi connectivity index (χ3v) is 3.48. The Bertz CT molecular complexity index is 564. The first-order valence-electron chi connectivity index (χ1n) is 6.13. The molecule has 0 spiro atoms. The van der Waals surface area contributed by atoms with Gasteiger partial charge in [-0.1, -0.05) is 0 Å². The summed E-state index contributed by atoms with van der Waals surface area (Å²) in [4.78, 5) is 22.7. The van der Waals surface area contributed by atoms with Crippen molar-refractivity contribution in [1.29, 1.82) is 0 Å². The Labute approximate surface area is 129 Å². The predicted molar refractivity (Wildman–Crippen MR) is 73.6 cm³/mol. The van der Waals surface area contributed by atoms with E-state index in [1.165, 1.54) is 7.11 Å². The van der Waals surface area contributed by atoms with Crippen molar-refractivity contribution in [1.82, 2.24) is 0 Å². The van der Waals surface area contributed by atoms with Crippen LogP contribution in [0.15, 0.2) is 6.07 Å². The van der Waals surface area contributed by atoms with Gasteiger partial charge >= 0.3 is 129 Å². The summed E-state index contributed by atoms with van der Waals surface area (Å²) in [6.45, 7) is 1.77. The molecule has 0 fully saturated rings. The summed E-state index contributed by atoms with van der Waals surface area (Å²) in [5.74, 6) is -2.85. The molecule has 0 saturated carbocycles. The van der Waals surface area contributed by atoms with Gasteiger partial charge in [-0.2, -0.15) is 0 Å². The molecule has 3 N–H and O–H groups in total. The molecule has 0 aliphatic heterocycles. The van der Waals surface area contributed by atoms with E-state index in [4.69, 9.17) is 20.3 Å². The Kier molecular flexibility index (Phi) is 6.15. The molecule has 1 unspecified atom stereocenters. The minimum absolute atomic E-state index is 0.00672. The van der Waals surface area contributed by atoms with Crippen LogP contribution in [-0.2, 0) is 16.0 Å².